The number of nitrogens with one attached hydrogen (secondary N) is 1. The molecule has 9 heteroatoms. The minimum absolute atomic E-state index is 0.0246. The maximum atomic E-state index is 12.4. The van der Waals surface area contributed by atoms with Gasteiger partial charge in [0.05, 0.1) is 6.07 Å². The van der Waals surface area contributed by atoms with Gasteiger partial charge in [-0.2, -0.15) is 22.0 Å². The van der Waals surface area contributed by atoms with Crippen LogP contribution in [0.5, 0.6) is 0 Å². The highest BCUT2D eigenvalue weighted by atomic mass is 32.2. The molecule has 1 fully saturated rings. The molecule has 1 atom stereocenters. The molecule has 2 amide bonds. The van der Waals surface area contributed by atoms with Crippen molar-refractivity contribution in [2.45, 2.75) is 20.3 Å². The summed E-state index contributed by atoms with van der Waals surface area (Å²) in [5.74, 6) is 0.832. The van der Waals surface area contributed by atoms with Gasteiger partial charge in [-0.1, -0.05) is 13.8 Å². The van der Waals surface area contributed by atoms with E-state index in [1.54, 1.807) is 60.2 Å². The van der Waals surface area contributed by atoms with Gasteiger partial charge in [-0.3, -0.25) is 14.5 Å². The summed E-state index contributed by atoms with van der Waals surface area (Å²) >= 11 is 1.70. The van der Waals surface area contributed by atoms with Crippen LogP contribution in [-0.2, 0) is 4.79 Å². The topological polar surface area (TPSA) is 102 Å². The third-order valence-corrected chi connectivity index (χ3v) is 5.24. The molecular formula is C22H28N6O2S. The Labute approximate surface area is 187 Å². The number of carbonyl (C=O) groups excluding carboxylic acids is 2. The van der Waals surface area contributed by atoms with Crippen LogP contribution in [0.4, 0.5) is 17.5 Å². The zero-order valence-corrected chi connectivity index (χ0v) is 19.1. The lowest BCUT2D eigenvalue weighted by Gasteiger charge is -2.17. The maximum Gasteiger partial charge on any atom is 0.253 e. The van der Waals surface area contributed by atoms with E-state index in [1.165, 1.54) is 4.90 Å². The van der Waals surface area contributed by atoms with Crippen molar-refractivity contribution in [3.8, 4) is 6.07 Å². The average molecular weight is 441 g/mol. The van der Waals surface area contributed by atoms with E-state index in [9.17, 15) is 9.59 Å². The van der Waals surface area contributed by atoms with Crippen LogP contribution in [0.25, 0.3) is 0 Å². The number of nitrogens with zero attached hydrogens (tertiary/aromatic N) is 5. The second-order valence-corrected chi connectivity index (χ2v) is 7.61. The highest BCUT2D eigenvalue weighted by Crippen LogP contribution is 2.24. The molecule has 1 N–H and O–H groups in total. The van der Waals surface area contributed by atoms with E-state index in [2.05, 4.69) is 15.3 Å². The monoisotopic (exact) mass is 440 g/mol. The zero-order chi connectivity index (χ0) is 22.8. The Morgan fingerprint density at radius 3 is 2.65 bits per heavy atom. The van der Waals surface area contributed by atoms with Crippen molar-refractivity contribution in [1.82, 2.24) is 14.9 Å². The van der Waals surface area contributed by atoms with Crippen LogP contribution in [0.3, 0.4) is 0 Å². The number of hydrogen-bond donors (Lipinski definition) is 1. The summed E-state index contributed by atoms with van der Waals surface area (Å²) in [7, 11) is 1.79. The lowest BCUT2D eigenvalue weighted by atomic mass is 10.1. The molecule has 0 radical (unpaired) electrons. The number of thioether (sulfide) groups is 1. The van der Waals surface area contributed by atoms with Gasteiger partial charge in [-0.25, -0.2) is 4.98 Å². The molecule has 2 heterocycles. The zero-order valence-electron chi connectivity index (χ0n) is 18.3. The Morgan fingerprint density at radius 2 is 2.03 bits per heavy atom. The summed E-state index contributed by atoms with van der Waals surface area (Å²) in [4.78, 5) is 36.4. The van der Waals surface area contributed by atoms with Gasteiger partial charge in [-0.15, -0.1) is 0 Å². The van der Waals surface area contributed by atoms with Crippen LogP contribution < -0.4 is 10.2 Å². The molecule has 31 heavy (non-hydrogen) atoms. The molecular weight excluding hydrogens is 412 g/mol. The minimum atomic E-state index is -0.611. The lowest BCUT2D eigenvalue weighted by Crippen LogP contribution is -2.28. The average Bonchev–Trinajstić information content (AvgIpc) is 3.19. The number of rotatable bonds is 7. The molecule has 0 spiro atoms. The van der Waals surface area contributed by atoms with E-state index in [4.69, 9.17) is 5.26 Å². The quantitative estimate of drug-likeness (QED) is 0.702. The maximum absolute atomic E-state index is 12.4. The van der Waals surface area contributed by atoms with Crippen molar-refractivity contribution < 1.29 is 9.59 Å². The second kappa shape index (κ2) is 11.9. The van der Waals surface area contributed by atoms with Crippen molar-refractivity contribution in [2.24, 2.45) is 5.92 Å². The highest BCUT2D eigenvalue weighted by molar-refractivity contribution is 7.98. The van der Waals surface area contributed by atoms with Crippen LogP contribution >= 0.6 is 11.8 Å². The Morgan fingerprint density at radius 1 is 1.32 bits per heavy atom. The Kier molecular flexibility index (Phi) is 9.28. The predicted octanol–water partition coefficient (Wildman–Crippen LogP) is 3.56. The minimum Gasteiger partial charge on any atom is -0.341 e. The first-order valence-electron chi connectivity index (χ1n) is 10.2. The van der Waals surface area contributed by atoms with Crippen molar-refractivity contribution in [3.05, 3.63) is 42.1 Å². The van der Waals surface area contributed by atoms with Crippen LogP contribution in [-0.4, -0.2) is 58.8 Å². The summed E-state index contributed by atoms with van der Waals surface area (Å²) in [6, 6.07) is 10.8. The number of carbonyl (C=O) groups is 2. The summed E-state index contributed by atoms with van der Waals surface area (Å²) in [6.07, 6.45) is 4.08. The van der Waals surface area contributed by atoms with Gasteiger partial charge in [-0.05, 0) is 43.0 Å². The van der Waals surface area contributed by atoms with E-state index in [0.29, 0.717) is 36.8 Å². The molecule has 1 aromatic heterocycles. The van der Waals surface area contributed by atoms with E-state index >= 15 is 0 Å². The molecule has 2 aromatic rings. The Bertz CT molecular complexity index is 928. The molecule has 3 rings (SSSR count). The first kappa shape index (κ1) is 24.2. The molecule has 0 bridgehead atoms. The Hall–Kier alpha value is -3.12. The fourth-order valence-electron chi connectivity index (χ4n) is 2.96. The summed E-state index contributed by atoms with van der Waals surface area (Å²) in [5, 5.41) is 12.1. The van der Waals surface area contributed by atoms with Gasteiger partial charge in [0.15, 0.2) is 0 Å². The van der Waals surface area contributed by atoms with Crippen LogP contribution in [0.2, 0.25) is 0 Å². The van der Waals surface area contributed by atoms with Crippen molar-refractivity contribution in [1.29, 1.82) is 5.26 Å². The third kappa shape index (κ3) is 6.18. The number of aromatic nitrogens is 2. The van der Waals surface area contributed by atoms with Crippen LogP contribution in [0.15, 0.2) is 36.5 Å². The van der Waals surface area contributed by atoms with Gasteiger partial charge in [0.25, 0.3) is 5.91 Å². The summed E-state index contributed by atoms with van der Waals surface area (Å²) in [6.45, 7) is 5.16. The first-order valence-corrected chi connectivity index (χ1v) is 11.6. The van der Waals surface area contributed by atoms with Gasteiger partial charge < -0.3 is 10.2 Å². The summed E-state index contributed by atoms with van der Waals surface area (Å²) in [5.41, 5.74) is 1.34. The van der Waals surface area contributed by atoms with Crippen molar-refractivity contribution >= 4 is 41.0 Å². The SMILES string of the molecule is CC.CSCCN(C)C(=O)c1ccc(Nc2nccc(N3CCC(C#N)C3=O)n2)cc1. The van der Waals surface area contributed by atoms with Gasteiger partial charge in [0.1, 0.15) is 11.7 Å². The molecule has 164 valence electrons. The Balaban J connectivity index is 0.00000166. The van der Waals surface area contributed by atoms with Gasteiger partial charge in [0.2, 0.25) is 11.9 Å². The molecule has 1 aromatic carbocycles. The van der Waals surface area contributed by atoms with E-state index in [0.717, 1.165) is 11.4 Å². The fourth-order valence-corrected chi connectivity index (χ4v) is 3.42. The highest BCUT2D eigenvalue weighted by Gasteiger charge is 2.33. The number of benzene rings is 1. The molecule has 1 aliphatic heterocycles. The van der Waals surface area contributed by atoms with Crippen molar-refractivity contribution in [3.63, 3.8) is 0 Å². The molecule has 8 nitrogen and oxygen atoms in total. The van der Waals surface area contributed by atoms with Crippen molar-refractivity contribution in [2.75, 3.05) is 42.4 Å². The first-order chi connectivity index (χ1) is 15.0. The number of hydrogen-bond acceptors (Lipinski definition) is 7. The standard InChI is InChI=1S/C20H22N6O2S.C2H6/c1-25(11-12-29-2)18(27)14-3-5-16(6-4-14)23-20-22-9-7-17(24-20)26-10-8-15(13-21)19(26)28;1-2/h3-7,9,15H,8,10-12H2,1-2H3,(H,22,23,24);1-2H3. The van der Waals surface area contributed by atoms with Crippen LogP contribution in [0, 0.1) is 17.2 Å². The van der Waals surface area contributed by atoms with E-state index in [-0.39, 0.29) is 11.8 Å². The molecule has 0 saturated carbocycles. The molecule has 0 aliphatic carbocycles. The fraction of sp³-hybridized carbons (Fsp3) is 0.409. The van der Waals surface area contributed by atoms with Gasteiger partial charge >= 0.3 is 0 Å². The van der Waals surface area contributed by atoms with E-state index in [1.807, 2.05) is 26.2 Å². The number of amides is 2. The van der Waals surface area contributed by atoms with Crippen LogP contribution in [0.1, 0.15) is 30.6 Å². The third-order valence-electron chi connectivity index (χ3n) is 4.64. The normalized spacial score (nSPS) is 15.0. The smallest absolute Gasteiger partial charge is 0.253 e. The molecule has 1 unspecified atom stereocenters. The molecule has 1 aliphatic rings. The number of nitriles is 1. The summed E-state index contributed by atoms with van der Waals surface area (Å²) < 4.78 is 0. The van der Waals surface area contributed by atoms with E-state index < -0.39 is 5.92 Å². The predicted molar refractivity (Wildman–Crippen MR) is 125 cm³/mol. The number of anilines is 3. The largest absolute Gasteiger partial charge is 0.341 e. The lowest BCUT2D eigenvalue weighted by molar-refractivity contribution is -0.119. The second-order valence-electron chi connectivity index (χ2n) is 6.62. The van der Waals surface area contributed by atoms with Gasteiger partial charge in [0, 0.05) is 43.3 Å². The molecule has 1 saturated heterocycles.